The molecule has 8 atom stereocenters. The molecule has 0 saturated carbocycles. The number of likely N-dealkylation sites (tertiary alicyclic amines) is 1. The molecule has 1 aromatic carbocycles. The van der Waals surface area contributed by atoms with Crippen molar-refractivity contribution in [1.82, 2.24) is 15.1 Å². The molecule has 0 radical (unpaired) electrons. The number of aliphatic hydroxyl groups is 1. The first kappa shape index (κ1) is 32.7. The molecule has 1 aliphatic heterocycles. The number of carbonyl (C=O) groups excluding carboxylic acids is 3. The van der Waals surface area contributed by atoms with Gasteiger partial charge in [-0.2, -0.15) is 0 Å². The van der Waals surface area contributed by atoms with Crippen LogP contribution in [0.2, 0.25) is 0 Å². The molecule has 39 heavy (non-hydrogen) atoms. The van der Waals surface area contributed by atoms with Gasteiger partial charge in [-0.15, -0.1) is 0 Å². The minimum absolute atomic E-state index is 0.0104. The summed E-state index contributed by atoms with van der Waals surface area (Å²) in [6.45, 7) is 8.72. The van der Waals surface area contributed by atoms with E-state index in [4.69, 9.17) is 9.47 Å². The molecular weight excluding hydrogens is 498 g/mol. The third-order valence-corrected chi connectivity index (χ3v) is 8.72. The highest BCUT2D eigenvalue weighted by molar-refractivity contribution is 5.81. The van der Waals surface area contributed by atoms with Crippen LogP contribution in [-0.2, 0) is 23.9 Å². The summed E-state index contributed by atoms with van der Waals surface area (Å²) in [6.07, 6.45) is 1.75. The first-order chi connectivity index (χ1) is 18.6. The second-order valence-electron chi connectivity index (χ2n) is 10.9. The molecule has 8 unspecified atom stereocenters. The van der Waals surface area contributed by atoms with Crippen molar-refractivity contribution < 1.29 is 29.0 Å². The molecule has 3 amide bonds. The van der Waals surface area contributed by atoms with Crippen LogP contribution in [0.1, 0.15) is 65.0 Å². The standard InChI is InChI=1S/C30H49N3O6/c1-8-20(2)28(32(5)27(36)18-31-19-34)25(38-6)17-26(35)33-16-12-15-24(33)30(39-7)22(4)21(3)29(37)23-13-10-9-11-14-23/h9-11,13-14,19-22,24-25,28-30,37H,8,12,15-18H2,1-7H3,(H,31,34). The van der Waals surface area contributed by atoms with Gasteiger partial charge in [0.25, 0.3) is 0 Å². The first-order valence-electron chi connectivity index (χ1n) is 14.1. The molecule has 0 bridgehead atoms. The van der Waals surface area contributed by atoms with E-state index in [1.54, 1.807) is 26.2 Å². The summed E-state index contributed by atoms with van der Waals surface area (Å²) in [5.74, 6) is -0.288. The highest BCUT2D eigenvalue weighted by Gasteiger charge is 2.42. The number of carbonyl (C=O) groups is 3. The summed E-state index contributed by atoms with van der Waals surface area (Å²) in [4.78, 5) is 40.7. The topological polar surface area (TPSA) is 108 Å². The number of aliphatic hydroxyl groups excluding tert-OH is 1. The molecule has 1 aliphatic rings. The van der Waals surface area contributed by atoms with Crippen molar-refractivity contribution in [3.05, 3.63) is 35.9 Å². The Morgan fingerprint density at radius 1 is 1.15 bits per heavy atom. The van der Waals surface area contributed by atoms with Gasteiger partial charge >= 0.3 is 0 Å². The molecule has 1 heterocycles. The van der Waals surface area contributed by atoms with Crippen LogP contribution in [0.25, 0.3) is 0 Å². The van der Waals surface area contributed by atoms with Gasteiger partial charge in [-0.1, -0.05) is 64.4 Å². The number of nitrogens with zero attached hydrogens (tertiary/aromatic N) is 2. The number of nitrogens with one attached hydrogen (secondary N) is 1. The molecule has 2 N–H and O–H groups in total. The summed E-state index contributed by atoms with van der Waals surface area (Å²) >= 11 is 0. The molecule has 0 aliphatic carbocycles. The zero-order valence-corrected chi connectivity index (χ0v) is 24.7. The van der Waals surface area contributed by atoms with Crippen LogP contribution < -0.4 is 5.32 Å². The smallest absolute Gasteiger partial charge is 0.242 e. The molecule has 1 aromatic rings. The first-order valence-corrected chi connectivity index (χ1v) is 14.1. The maximum absolute atomic E-state index is 13.8. The van der Waals surface area contributed by atoms with Crippen molar-refractivity contribution in [3.8, 4) is 0 Å². The van der Waals surface area contributed by atoms with Crippen LogP contribution >= 0.6 is 0 Å². The fourth-order valence-corrected chi connectivity index (χ4v) is 6.00. The van der Waals surface area contributed by atoms with Gasteiger partial charge in [-0.25, -0.2) is 0 Å². The molecule has 9 heteroatoms. The minimum atomic E-state index is -0.639. The Labute approximate surface area is 234 Å². The van der Waals surface area contributed by atoms with Gasteiger partial charge in [0, 0.05) is 27.8 Å². The van der Waals surface area contributed by atoms with Crippen molar-refractivity contribution in [2.45, 2.75) is 83.8 Å². The Hall–Kier alpha value is -2.49. The van der Waals surface area contributed by atoms with E-state index in [1.165, 1.54) is 0 Å². The molecular formula is C30H49N3O6. The quantitative estimate of drug-likeness (QED) is 0.308. The predicted molar refractivity (Wildman–Crippen MR) is 151 cm³/mol. The van der Waals surface area contributed by atoms with Gasteiger partial charge < -0.3 is 29.7 Å². The van der Waals surface area contributed by atoms with E-state index in [2.05, 4.69) is 12.2 Å². The summed E-state index contributed by atoms with van der Waals surface area (Å²) in [6, 6.07) is 9.18. The van der Waals surface area contributed by atoms with E-state index in [0.717, 1.165) is 24.8 Å². The second-order valence-corrected chi connectivity index (χ2v) is 10.9. The van der Waals surface area contributed by atoms with E-state index >= 15 is 0 Å². The monoisotopic (exact) mass is 547 g/mol. The van der Waals surface area contributed by atoms with Crippen molar-refractivity contribution in [1.29, 1.82) is 0 Å². The van der Waals surface area contributed by atoms with E-state index < -0.39 is 12.2 Å². The van der Waals surface area contributed by atoms with E-state index in [1.807, 2.05) is 56.0 Å². The molecule has 220 valence electrons. The summed E-state index contributed by atoms with van der Waals surface area (Å²) in [5, 5.41) is 13.5. The van der Waals surface area contributed by atoms with Crippen molar-refractivity contribution in [2.75, 3.05) is 34.4 Å². The lowest BCUT2D eigenvalue weighted by molar-refractivity contribution is -0.144. The highest BCUT2D eigenvalue weighted by Crippen LogP contribution is 2.35. The van der Waals surface area contributed by atoms with Gasteiger partial charge in [0.05, 0.1) is 43.4 Å². The van der Waals surface area contributed by atoms with Crippen LogP contribution in [0.15, 0.2) is 30.3 Å². The normalized spacial score (nSPS) is 20.8. The Balaban J connectivity index is 2.19. The molecule has 1 saturated heterocycles. The van der Waals surface area contributed by atoms with Crippen LogP contribution in [0.5, 0.6) is 0 Å². The minimum Gasteiger partial charge on any atom is -0.388 e. The fraction of sp³-hybridized carbons (Fsp3) is 0.700. The lowest BCUT2D eigenvalue weighted by atomic mass is 9.80. The summed E-state index contributed by atoms with van der Waals surface area (Å²) in [5.41, 5.74) is 0.868. The van der Waals surface area contributed by atoms with Crippen LogP contribution in [0.4, 0.5) is 0 Å². The summed E-state index contributed by atoms with van der Waals surface area (Å²) in [7, 11) is 4.95. The number of rotatable bonds is 16. The molecule has 9 nitrogen and oxygen atoms in total. The van der Waals surface area contributed by atoms with Crippen molar-refractivity contribution in [3.63, 3.8) is 0 Å². The Morgan fingerprint density at radius 2 is 1.82 bits per heavy atom. The number of hydrogen-bond donors (Lipinski definition) is 2. The third-order valence-electron chi connectivity index (χ3n) is 8.72. The fourth-order valence-electron chi connectivity index (χ4n) is 6.00. The third kappa shape index (κ3) is 8.25. The lowest BCUT2D eigenvalue weighted by Crippen LogP contribution is -2.53. The van der Waals surface area contributed by atoms with E-state index in [9.17, 15) is 19.5 Å². The van der Waals surface area contributed by atoms with Gasteiger partial charge in [-0.05, 0) is 36.2 Å². The number of likely N-dealkylation sites (N-methyl/N-ethyl adjacent to an activating group) is 1. The number of methoxy groups -OCH3 is 2. The number of amides is 3. The average molecular weight is 548 g/mol. The van der Waals surface area contributed by atoms with Gasteiger partial charge in [-0.3, -0.25) is 14.4 Å². The van der Waals surface area contributed by atoms with Gasteiger partial charge in [0.15, 0.2) is 0 Å². The Bertz CT molecular complexity index is 900. The Kier molecular flexibility index (Phi) is 13.4. The van der Waals surface area contributed by atoms with E-state index in [0.29, 0.717) is 13.0 Å². The van der Waals surface area contributed by atoms with Crippen LogP contribution in [0, 0.1) is 17.8 Å². The maximum atomic E-state index is 13.8. The summed E-state index contributed by atoms with van der Waals surface area (Å²) < 4.78 is 11.8. The average Bonchev–Trinajstić information content (AvgIpc) is 3.44. The van der Waals surface area contributed by atoms with Crippen LogP contribution in [-0.4, -0.2) is 91.8 Å². The molecule has 0 spiro atoms. The maximum Gasteiger partial charge on any atom is 0.242 e. The number of ether oxygens (including phenoxy) is 2. The molecule has 1 fully saturated rings. The van der Waals surface area contributed by atoms with Crippen molar-refractivity contribution >= 4 is 18.2 Å². The highest BCUT2D eigenvalue weighted by atomic mass is 16.5. The number of benzene rings is 1. The SMILES string of the molecule is CCC(C)C(C(CC(=O)N1CCCC1C(OC)C(C)C(C)C(O)c1ccccc1)OC)N(C)C(=O)CNC=O. The zero-order chi connectivity index (χ0) is 29.1. The largest absolute Gasteiger partial charge is 0.388 e. The molecule has 0 aromatic heterocycles. The zero-order valence-electron chi connectivity index (χ0n) is 24.7. The van der Waals surface area contributed by atoms with Crippen molar-refractivity contribution in [2.24, 2.45) is 17.8 Å². The Morgan fingerprint density at radius 3 is 2.38 bits per heavy atom. The van der Waals surface area contributed by atoms with Gasteiger partial charge in [0.2, 0.25) is 18.2 Å². The van der Waals surface area contributed by atoms with Crippen LogP contribution in [0.3, 0.4) is 0 Å². The molecule has 2 rings (SSSR count). The lowest BCUT2D eigenvalue weighted by Gasteiger charge is -2.40. The van der Waals surface area contributed by atoms with E-state index in [-0.39, 0.29) is 60.7 Å². The van der Waals surface area contributed by atoms with Gasteiger partial charge in [0.1, 0.15) is 0 Å². The predicted octanol–water partition coefficient (Wildman–Crippen LogP) is 3.02. The second kappa shape index (κ2) is 15.9. The number of hydrogen-bond acceptors (Lipinski definition) is 6.